The zero-order chi connectivity index (χ0) is 29.3. The Morgan fingerprint density at radius 2 is 1.66 bits per heavy atom. The predicted octanol–water partition coefficient (Wildman–Crippen LogP) is 5.11. The molecular formula is C29H33F3N4O4S. The van der Waals surface area contributed by atoms with Gasteiger partial charge in [-0.2, -0.15) is 0 Å². The molecule has 2 N–H and O–H groups in total. The number of hydrogen-bond acceptors (Lipinski definition) is 5. The van der Waals surface area contributed by atoms with Crippen molar-refractivity contribution in [2.24, 2.45) is 11.8 Å². The molecule has 2 amide bonds. The van der Waals surface area contributed by atoms with Gasteiger partial charge in [0.25, 0.3) is 5.91 Å². The average molecular weight is 591 g/mol. The highest BCUT2D eigenvalue weighted by Gasteiger charge is 2.55. The molecule has 8 nitrogen and oxygen atoms in total. The molecule has 0 radical (unpaired) electrons. The van der Waals surface area contributed by atoms with Gasteiger partial charge in [-0.05, 0) is 79.8 Å². The number of benzene rings is 2. The van der Waals surface area contributed by atoms with Gasteiger partial charge in [-0.3, -0.25) is 14.3 Å². The molecule has 6 rings (SSSR count). The fraction of sp³-hybridized carbons (Fsp3) is 0.517. The van der Waals surface area contributed by atoms with Gasteiger partial charge in [-0.25, -0.2) is 21.6 Å². The second-order valence-electron chi connectivity index (χ2n) is 12.2. The number of likely N-dealkylation sites (N-methyl/N-ethyl adjacent to an activating group) is 1. The van der Waals surface area contributed by atoms with Crippen LogP contribution in [0.15, 0.2) is 30.3 Å². The van der Waals surface area contributed by atoms with Crippen molar-refractivity contribution in [3.05, 3.63) is 47.3 Å². The molecule has 2 atom stereocenters. The van der Waals surface area contributed by atoms with Crippen LogP contribution in [0.4, 0.5) is 35.9 Å². The molecule has 1 spiro atoms. The van der Waals surface area contributed by atoms with Gasteiger partial charge < -0.3 is 15.1 Å². The summed E-state index contributed by atoms with van der Waals surface area (Å²) in [5, 5.41) is 2.76. The fourth-order valence-electron chi connectivity index (χ4n) is 7.31. The molecule has 4 aliphatic rings. The monoisotopic (exact) mass is 590 g/mol. The lowest BCUT2D eigenvalue weighted by Gasteiger charge is -2.36. The summed E-state index contributed by atoms with van der Waals surface area (Å²) in [5.74, 6) is -3.54. The number of fused-ring (bicyclic) bond motifs is 4. The lowest BCUT2D eigenvalue weighted by atomic mass is 9.69. The Morgan fingerprint density at radius 3 is 2.29 bits per heavy atom. The third-order valence-electron chi connectivity index (χ3n) is 9.21. The third-order valence-corrected chi connectivity index (χ3v) is 9.82. The van der Waals surface area contributed by atoms with E-state index in [1.54, 1.807) is 12.1 Å². The Morgan fingerprint density at radius 1 is 1.00 bits per heavy atom. The van der Waals surface area contributed by atoms with Crippen molar-refractivity contribution in [1.82, 2.24) is 0 Å². The van der Waals surface area contributed by atoms with Gasteiger partial charge in [0.15, 0.2) is 0 Å². The Hall–Kier alpha value is -3.28. The van der Waals surface area contributed by atoms with Crippen LogP contribution in [0.5, 0.6) is 0 Å². The zero-order valence-electron chi connectivity index (χ0n) is 23.0. The van der Waals surface area contributed by atoms with Crippen LogP contribution in [0.3, 0.4) is 0 Å². The molecular weight excluding hydrogens is 557 g/mol. The van der Waals surface area contributed by atoms with Gasteiger partial charge >= 0.3 is 0 Å². The van der Waals surface area contributed by atoms with Crippen molar-refractivity contribution in [2.75, 3.05) is 46.2 Å². The number of halogens is 3. The second kappa shape index (κ2) is 9.64. The second-order valence-corrected chi connectivity index (χ2v) is 13.9. The molecule has 2 unspecified atom stereocenters. The summed E-state index contributed by atoms with van der Waals surface area (Å²) in [7, 11) is -2.11. The van der Waals surface area contributed by atoms with E-state index < -0.39 is 51.8 Å². The standard InChI is InChI=1S/C29H33F3N4O4S/c1-35-25-22(28(27(35)38)7-9-29(31,32)10-8-28)12-20(13-23(25)30)33-26(37)21-6-5-19(34-41(2,39)40)14-24(21)36-15-17-3-4-18(11-17)16-36/h5-6,12-14,17-18,34H,3-4,7-11,15-16H2,1-2H3,(H,33,37). The Balaban J connectivity index is 1.34. The average Bonchev–Trinajstić information content (AvgIpc) is 3.33. The zero-order valence-corrected chi connectivity index (χ0v) is 23.8. The topological polar surface area (TPSA) is 98.8 Å². The van der Waals surface area contributed by atoms with Gasteiger partial charge in [0.1, 0.15) is 5.82 Å². The Labute approximate surface area is 237 Å². The van der Waals surface area contributed by atoms with E-state index in [1.165, 1.54) is 24.1 Å². The first-order valence-electron chi connectivity index (χ1n) is 13.9. The van der Waals surface area contributed by atoms with Crippen LogP contribution < -0.4 is 19.8 Å². The first-order chi connectivity index (χ1) is 19.2. The van der Waals surface area contributed by atoms with Crippen LogP contribution in [0.25, 0.3) is 0 Å². The first-order valence-corrected chi connectivity index (χ1v) is 15.8. The number of nitrogens with one attached hydrogen (secondary N) is 2. The van der Waals surface area contributed by atoms with Crippen molar-refractivity contribution in [3.8, 4) is 0 Å². The van der Waals surface area contributed by atoms with Gasteiger partial charge in [0.05, 0.1) is 34.3 Å². The molecule has 220 valence electrons. The van der Waals surface area contributed by atoms with Crippen LogP contribution in [-0.2, 0) is 20.2 Å². The molecule has 2 aliphatic heterocycles. The minimum Gasteiger partial charge on any atom is -0.370 e. The number of nitrogens with zero attached hydrogens (tertiary/aromatic N) is 2. The van der Waals surface area contributed by atoms with E-state index in [0.29, 0.717) is 34.3 Å². The smallest absolute Gasteiger partial charge is 0.257 e. The number of sulfonamides is 1. The van der Waals surface area contributed by atoms with E-state index in [2.05, 4.69) is 14.9 Å². The summed E-state index contributed by atoms with van der Waals surface area (Å²) in [6.45, 7) is 1.49. The van der Waals surface area contributed by atoms with Crippen LogP contribution >= 0.6 is 0 Å². The molecule has 2 aromatic rings. The molecule has 12 heteroatoms. The van der Waals surface area contributed by atoms with Crippen molar-refractivity contribution in [3.63, 3.8) is 0 Å². The first kappa shape index (κ1) is 27.9. The number of carbonyl (C=O) groups is 2. The van der Waals surface area contributed by atoms with E-state index in [9.17, 15) is 26.8 Å². The van der Waals surface area contributed by atoms with E-state index >= 15 is 4.39 Å². The molecule has 2 heterocycles. The molecule has 0 aromatic heterocycles. The van der Waals surface area contributed by atoms with E-state index in [1.807, 2.05) is 0 Å². The number of carbonyl (C=O) groups excluding carboxylic acids is 2. The number of anilines is 4. The molecule has 2 saturated carbocycles. The van der Waals surface area contributed by atoms with Gasteiger partial charge in [-0.1, -0.05) is 0 Å². The molecule has 1 saturated heterocycles. The highest BCUT2D eigenvalue weighted by atomic mass is 32.2. The minimum absolute atomic E-state index is 0.0545. The van der Waals surface area contributed by atoms with Gasteiger partial charge in [0, 0.05) is 38.7 Å². The van der Waals surface area contributed by atoms with Gasteiger partial charge in [0.2, 0.25) is 21.9 Å². The molecule has 2 aromatic carbocycles. The summed E-state index contributed by atoms with van der Waals surface area (Å²) in [6, 6.07) is 7.36. The number of amides is 2. The predicted molar refractivity (Wildman–Crippen MR) is 151 cm³/mol. The molecule has 2 aliphatic carbocycles. The van der Waals surface area contributed by atoms with E-state index in [-0.39, 0.29) is 24.2 Å². The van der Waals surface area contributed by atoms with Crippen LogP contribution in [0.1, 0.15) is 60.9 Å². The summed E-state index contributed by atoms with van der Waals surface area (Å²) < 4.78 is 69.7. The SMILES string of the molecule is CN1C(=O)C2(CCC(F)(F)CC2)c2cc(NC(=O)c3ccc(NS(C)(=O)=O)cc3N3CC4CCC(C4)C3)cc(F)c21. The summed E-state index contributed by atoms with van der Waals surface area (Å²) in [4.78, 5) is 30.2. The number of alkyl halides is 2. The minimum atomic E-state index is -3.55. The van der Waals surface area contributed by atoms with Crippen molar-refractivity contribution >= 4 is 44.6 Å². The third kappa shape index (κ3) is 5.04. The van der Waals surface area contributed by atoms with Crippen LogP contribution in [-0.4, -0.2) is 52.5 Å². The molecule has 3 fully saturated rings. The van der Waals surface area contributed by atoms with Gasteiger partial charge in [-0.15, -0.1) is 0 Å². The normalized spacial score (nSPS) is 24.5. The van der Waals surface area contributed by atoms with Crippen molar-refractivity contribution in [1.29, 1.82) is 0 Å². The van der Waals surface area contributed by atoms with E-state index in [4.69, 9.17) is 0 Å². The summed E-state index contributed by atoms with van der Waals surface area (Å²) in [5.41, 5.74) is 0.439. The quantitative estimate of drug-likeness (QED) is 0.505. The van der Waals surface area contributed by atoms with E-state index in [0.717, 1.165) is 44.7 Å². The number of hydrogen-bond donors (Lipinski definition) is 2. The maximum Gasteiger partial charge on any atom is 0.257 e. The maximum atomic E-state index is 15.4. The fourth-order valence-corrected chi connectivity index (χ4v) is 7.86. The largest absolute Gasteiger partial charge is 0.370 e. The molecule has 41 heavy (non-hydrogen) atoms. The lowest BCUT2D eigenvalue weighted by Crippen LogP contribution is -2.44. The lowest BCUT2D eigenvalue weighted by molar-refractivity contribution is -0.127. The highest BCUT2D eigenvalue weighted by Crippen LogP contribution is 2.54. The molecule has 2 bridgehead atoms. The number of piperidine rings is 1. The summed E-state index contributed by atoms with van der Waals surface area (Å²) in [6.07, 6.45) is 3.25. The van der Waals surface area contributed by atoms with Crippen molar-refractivity contribution in [2.45, 2.75) is 56.3 Å². The van der Waals surface area contributed by atoms with Crippen LogP contribution in [0, 0.1) is 17.7 Å². The maximum absolute atomic E-state index is 15.4. The number of rotatable bonds is 5. The summed E-state index contributed by atoms with van der Waals surface area (Å²) >= 11 is 0. The van der Waals surface area contributed by atoms with Crippen molar-refractivity contribution < 1.29 is 31.2 Å². The highest BCUT2D eigenvalue weighted by molar-refractivity contribution is 7.92. The Kier molecular flexibility index (Phi) is 6.55. The van der Waals surface area contributed by atoms with Crippen LogP contribution in [0.2, 0.25) is 0 Å². The Bertz CT molecular complexity index is 1520.